The molecular formula is C14H24N2OS. The zero-order chi connectivity index (χ0) is 12.8. The van der Waals surface area contributed by atoms with Crippen molar-refractivity contribution in [2.24, 2.45) is 0 Å². The van der Waals surface area contributed by atoms with Crippen molar-refractivity contribution in [3.05, 3.63) is 22.4 Å². The van der Waals surface area contributed by atoms with Gasteiger partial charge in [0.15, 0.2) is 0 Å². The van der Waals surface area contributed by atoms with Gasteiger partial charge in [0.05, 0.1) is 13.2 Å². The fourth-order valence-corrected chi connectivity index (χ4v) is 3.02. The van der Waals surface area contributed by atoms with Gasteiger partial charge in [0.2, 0.25) is 0 Å². The van der Waals surface area contributed by atoms with Crippen LogP contribution in [0.3, 0.4) is 0 Å². The number of hydrogen-bond acceptors (Lipinski definition) is 4. The van der Waals surface area contributed by atoms with Crippen molar-refractivity contribution in [2.75, 3.05) is 39.4 Å². The van der Waals surface area contributed by atoms with Crippen molar-refractivity contribution < 1.29 is 4.74 Å². The predicted octanol–water partition coefficient (Wildman–Crippen LogP) is 1.99. The molecule has 1 N–H and O–H groups in total. The third kappa shape index (κ3) is 4.05. The lowest BCUT2D eigenvalue weighted by atomic mass is 10.0. The largest absolute Gasteiger partial charge is 0.378 e. The Balaban J connectivity index is 1.60. The van der Waals surface area contributed by atoms with Crippen LogP contribution in [0.2, 0.25) is 0 Å². The molecule has 4 heteroatoms. The number of nitrogens with one attached hydrogen (secondary N) is 1. The van der Waals surface area contributed by atoms with Crippen LogP contribution in [0.1, 0.15) is 18.7 Å². The molecule has 0 unspecified atom stereocenters. The van der Waals surface area contributed by atoms with E-state index in [4.69, 9.17) is 4.74 Å². The molecule has 1 fully saturated rings. The van der Waals surface area contributed by atoms with Crippen molar-refractivity contribution in [1.29, 1.82) is 0 Å². The van der Waals surface area contributed by atoms with Crippen molar-refractivity contribution >= 4 is 11.3 Å². The first-order valence-electron chi connectivity index (χ1n) is 6.74. The third-order valence-corrected chi connectivity index (χ3v) is 4.44. The molecule has 1 aromatic heterocycles. The predicted molar refractivity (Wildman–Crippen MR) is 77.4 cm³/mol. The monoisotopic (exact) mass is 268 g/mol. The van der Waals surface area contributed by atoms with E-state index in [-0.39, 0.29) is 5.54 Å². The highest BCUT2D eigenvalue weighted by atomic mass is 32.1. The number of nitrogens with zero attached hydrogens (tertiary/aromatic N) is 1. The zero-order valence-corrected chi connectivity index (χ0v) is 12.3. The average molecular weight is 268 g/mol. The minimum absolute atomic E-state index is 0.188. The van der Waals surface area contributed by atoms with E-state index in [2.05, 4.69) is 41.6 Å². The Morgan fingerprint density at radius 1 is 1.44 bits per heavy atom. The molecule has 0 radical (unpaired) electrons. The van der Waals surface area contributed by atoms with Crippen LogP contribution in [-0.4, -0.2) is 49.8 Å². The van der Waals surface area contributed by atoms with E-state index in [9.17, 15) is 0 Å². The van der Waals surface area contributed by atoms with E-state index in [0.29, 0.717) is 0 Å². The van der Waals surface area contributed by atoms with Crippen LogP contribution in [-0.2, 0) is 11.2 Å². The van der Waals surface area contributed by atoms with E-state index in [1.165, 1.54) is 4.88 Å². The van der Waals surface area contributed by atoms with Gasteiger partial charge >= 0.3 is 0 Å². The lowest BCUT2D eigenvalue weighted by Gasteiger charge is -2.42. The molecule has 0 saturated carbocycles. The summed E-state index contributed by atoms with van der Waals surface area (Å²) in [7, 11) is 0. The molecule has 0 amide bonds. The summed E-state index contributed by atoms with van der Waals surface area (Å²) in [6, 6.07) is 4.33. The van der Waals surface area contributed by atoms with Crippen LogP contribution in [0.25, 0.3) is 0 Å². The van der Waals surface area contributed by atoms with Gasteiger partial charge in [-0.3, -0.25) is 4.90 Å². The topological polar surface area (TPSA) is 24.5 Å². The van der Waals surface area contributed by atoms with Gasteiger partial charge in [-0.1, -0.05) is 6.07 Å². The molecule has 0 atom stereocenters. The molecule has 1 aromatic rings. The SMILES string of the molecule is CC1(C)COCCN1CCNCCc1cccs1. The van der Waals surface area contributed by atoms with Crippen LogP contribution >= 0.6 is 11.3 Å². The molecular weight excluding hydrogens is 244 g/mol. The van der Waals surface area contributed by atoms with Crippen molar-refractivity contribution in [2.45, 2.75) is 25.8 Å². The van der Waals surface area contributed by atoms with Gasteiger partial charge in [0.25, 0.3) is 0 Å². The van der Waals surface area contributed by atoms with Gasteiger partial charge in [-0.25, -0.2) is 0 Å². The second kappa shape index (κ2) is 6.66. The van der Waals surface area contributed by atoms with Crippen LogP contribution in [0.15, 0.2) is 17.5 Å². The normalized spacial score (nSPS) is 20.1. The van der Waals surface area contributed by atoms with E-state index < -0.39 is 0 Å². The van der Waals surface area contributed by atoms with Gasteiger partial charge in [0, 0.05) is 36.6 Å². The quantitative estimate of drug-likeness (QED) is 0.799. The summed E-state index contributed by atoms with van der Waals surface area (Å²) in [5.41, 5.74) is 0.188. The number of hydrogen-bond donors (Lipinski definition) is 1. The molecule has 0 bridgehead atoms. The summed E-state index contributed by atoms with van der Waals surface area (Å²) in [6.45, 7) is 10.6. The zero-order valence-electron chi connectivity index (χ0n) is 11.4. The Morgan fingerprint density at radius 3 is 3.06 bits per heavy atom. The summed E-state index contributed by atoms with van der Waals surface area (Å²) in [5, 5.41) is 5.68. The number of ether oxygens (including phenoxy) is 1. The fraction of sp³-hybridized carbons (Fsp3) is 0.714. The summed E-state index contributed by atoms with van der Waals surface area (Å²) in [6.07, 6.45) is 1.14. The highest BCUT2D eigenvalue weighted by molar-refractivity contribution is 7.09. The summed E-state index contributed by atoms with van der Waals surface area (Å²) in [5.74, 6) is 0. The lowest BCUT2D eigenvalue weighted by Crippen LogP contribution is -2.54. The maximum atomic E-state index is 5.53. The highest BCUT2D eigenvalue weighted by Gasteiger charge is 2.29. The lowest BCUT2D eigenvalue weighted by molar-refractivity contribution is -0.0500. The van der Waals surface area contributed by atoms with Gasteiger partial charge in [-0.05, 0) is 31.7 Å². The Kier molecular flexibility index (Phi) is 5.18. The molecule has 2 heterocycles. The van der Waals surface area contributed by atoms with Gasteiger partial charge in [0.1, 0.15) is 0 Å². The van der Waals surface area contributed by atoms with Gasteiger partial charge in [-0.15, -0.1) is 11.3 Å². The summed E-state index contributed by atoms with van der Waals surface area (Å²) in [4.78, 5) is 3.99. The maximum Gasteiger partial charge on any atom is 0.0645 e. The minimum Gasteiger partial charge on any atom is -0.378 e. The first-order valence-corrected chi connectivity index (χ1v) is 7.62. The van der Waals surface area contributed by atoms with Gasteiger partial charge in [-0.2, -0.15) is 0 Å². The Hall–Kier alpha value is -0.420. The Labute approximate surface area is 114 Å². The smallest absolute Gasteiger partial charge is 0.0645 e. The third-order valence-electron chi connectivity index (χ3n) is 3.50. The molecule has 0 aromatic carbocycles. The molecule has 1 saturated heterocycles. The van der Waals surface area contributed by atoms with Crippen LogP contribution in [0, 0.1) is 0 Å². The first kappa shape index (κ1) is 14.0. The molecule has 0 aliphatic carbocycles. The summed E-state index contributed by atoms with van der Waals surface area (Å²) < 4.78 is 5.53. The molecule has 3 nitrogen and oxygen atoms in total. The second-order valence-electron chi connectivity index (χ2n) is 5.43. The van der Waals surface area contributed by atoms with Crippen molar-refractivity contribution in [1.82, 2.24) is 10.2 Å². The van der Waals surface area contributed by atoms with Crippen LogP contribution < -0.4 is 5.32 Å². The highest BCUT2D eigenvalue weighted by Crippen LogP contribution is 2.17. The van der Waals surface area contributed by atoms with E-state index >= 15 is 0 Å². The minimum atomic E-state index is 0.188. The number of rotatable bonds is 6. The molecule has 2 rings (SSSR count). The summed E-state index contributed by atoms with van der Waals surface area (Å²) >= 11 is 1.84. The van der Waals surface area contributed by atoms with E-state index in [1.54, 1.807) is 0 Å². The maximum absolute atomic E-state index is 5.53. The molecule has 1 aliphatic rings. The first-order chi connectivity index (χ1) is 8.68. The average Bonchev–Trinajstić information content (AvgIpc) is 2.83. The van der Waals surface area contributed by atoms with E-state index in [0.717, 1.165) is 45.8 Å². The molecule has 18 heavy (non-hydrogen) atoms. The van der Waals surface area contributed by atoms with E-state index in [1.807, 2.05) is 11.3 Å². The molecule has 0 spiro atoms. The molecule has 102 valence electrons. The standard InChI is InChI=1S/C14H24N2OS/c1-14(2)12-17-10-9-16(14)8-7-15-6-5-13-4-3-11-18-13/h3-4,11,15H,5-10,12H2,1-2H3. The Bertz CT molecular complexity index is 338. The van der Waals surface area contributed by atoms with Crippen LogP contribution in [0.4, 0.5) is 0 Å². The van der Waals surface area contributed by atoms with Crippen molar-refractivity contribution in [3.8, 4) is 0 Å². The number of thiophene rings is 1. The van der Waals surface area contributed by atoms with Gasteiger partial charge < -0.3 is 10.1 Å². The Morgan fingerprint density at radius 2 is 2.33 bits per heavy atom. The second-order valence-corrected chi connectivity index (χ2v) is 6.46. The molecule has 1 aliphatic heterocycles. The van der Waals surface area contributed by atoms with Crippen LogP contribution in [0.5, 0.6) is 0 Å². The fourth-order valence-electron chi connectivity index (χ4n) is 2.31. The number of morpholine rings is 1. The van der Waals surface area contributed by atoms with Crippen molar-refractivity contribution in [3.63, 3.8) is 0 Å².